The highest BCUT2D eigenvalue weighted by molar-refractivity contribution is 6.00. The Labute approximate surface area is 139 Å². The molecule has 128 valence electrons. The first-order valence-electron chi connectivity index (χ1n) is 7.16. The van der Waals surface area contributed by atoms with E-state index < -0.39 is 23.5 Å². The van der Waals surface area contributed by atoms with Crippen LogP contribution in [0.5, 0.6) is 0 Å². The molecular weight excluding hydrogens is 338 g/mol. The van der Waals surface area contributed by atoms with Crippen LogP contribution in [0.4, 0.5) is 17.6 Å². The lowest BCUT2D eigenvalue weighted by atomic mass is 9.97. The van der Waals surface area contributed by atoms with Crippen molar-refractivity contribution in [2.75, 3.05) is 7.11 Å². The molecule has 0 radical (unpaired) electrons. The van der Waals surface area contributed by atoms with Crippen molar-refractivity contribution in [1.82, 2.24) is 4.98 Å². The number of halogens is 4. The van der Waals surface area contributed by atoms with Crippen molar-refractivity contribution in [1.29, 1.82) is 0 Å². The van der Waals surface area contributed by atoms with Crippen LogP contribution in [0.3, 0.4) is 0 Å². The van der Waals surface area contributed by atoms with Crippen molar-refractivity contribution in [2.24, 2.45) is 0 Å². The van der Waals surface area contributed by atoms with Gasteiger partial charge in [-0.15, -0.1) is 0 Å². The summed E-state index contributed by atoms with van der Waals surface area (Å²) in [6.45, 7) is 0. The van der Waals surface area contributed by atoms with E-state index in [2.05, 4.69) is 9.72 Å². The largest absolute Gasteiger partial charge is 0.465 e. The van der Waals surface area contributed by atoms with E-state index in [0.717, 1.165) is 6.07 Å². The van der Waals surface area contributed by atoms with E-state index in [1.165, 1.54) is 43.6 Å². The number of esters is 1. The maximum Gasteiger partial charge on any atom is 0.419 e. The van der Waals surface area contributed by atoms with Crippen LogP contribution in [0.1, 0.15) is 15.9 Å². The van der Waals surface area contributed by atoms with Crippen LogP contribution < -0.4 is 0 Å². The summed E-state index contributed by atoms with van der Waals surface area (Å²) in [6, 6.07) is 8.90. The van der Waals surface area contributed by atoms with Gasteiger partial charge in [0.1, 0.15) is 5.82 Å². The SMILES string of the molecule is COC(=O)c1ccc2nccc(-c3cccc(C(F)(F)F)c3F)c2c1. The fourth-order valence-electron chi connectivity index (χ4n) is 2.58. The molecule has 0 aliphatic heterocycles. The number of hydrogen-bond donors (Lipinski definition) is 0. The highest BCUT2D eigenvalue weighted by Crippen LogP contribution is 2.37. The first-order valence-corrected chi connectivity index (χ1v) is 7.16. The van der Waals surface area contributed by atoms with Gasteiger partial charge in [-0.3, -0.25) is 4.98 Å². The fourth-order valence-corrected chi connectivity index (χ4v) is 2.58. The Morgan fingerprint density at radius 3 is 2.52 bits per heavy atom. The van der Waals surface area contributed by atoms with Crippen molar-refractivity contribution >= 4 is 16.9 Å². The van der Waals surface area contributed by atoms with Gasteiger partial charge in [0.2, 0.25) is 0 Å². The van der Waals surface area contributed by atoms with Crippen LogP contribution >= 0.6 is 0 Å². The fraction of sp³-hybridized carbons (Fsp3) is 0.111. The zero-order valence-corrected chi connectivity index (χ0v) is 12.9. The van der Waals surface area contributed by atoms with Crippen LogP contribution in [-0.2, 0) is 10.9 Å². The minimum absolute atomic E-state index is 0.191. The maximum absolute atomic E-state index is 14.5. The van der Waals surface area contributed by atoms with Crippen molar-refractivity contribution < 1.29 is 27.1 Å². The van der Waals surface area contributed by atoms with E-state index in [0.29, 0.717) is 17.0 Å². The van der Waals surface area contributed by atoms with Crippen molar-refractivity contribution in [3.8, 4) is 11.1 Å². The number of aromatic nitrogens is 1. The van der Waals surface area contributed by atoms with Crippen LogP contribution in [0, 0.1) is 5.82 Å². The predicted octanol–water partition coefficient (Wildman–Crippen LogP) is 4.85. The van der Waals surface area contributed by atoms with E-state index in [-0.39, 0.29) is 16.7 Å². The molecule has 1 heterocycles. The number of carbonyl (C=O) groups is 1. The monoisotopic (exact) mass is 349 g/mol. The number of carbonyl (C=O) groups excluding carboxylic acids is 1. The zero-order chi connectivity index (χ0) is 18.2. The second-order valence-electron chi connectivity index (χ2n) is 5.25. The lowest BCUT2D eigenvalue weighted by molar-refractivity contribution is -0.139. The number of nitrogens with zero attached hydrogens (tertiary/aromatic N) is 1. The molecule has 0 spiro atoms. The van der Waals surface area contributed by atoms with Gasteiger partial charge in [-0.25, -0.2) is 9.18 Å². The summed E-state index contributed by atoms with van der Waals surface area (Å²) in [5.41, 5.74) is -0.749. The Bertz CT molecular complexity index is 967. The third kappa shape index (κ3) is 3.05. The first kappa shape index (κ1) is 16.9. The van der Waals surface area contributed by atoms with Crippen molar-refractivity contribution in [2.45, 2.75) is 6.18 Å². The molecule has 3 nitrogen and oxygen atoms in total. The van der Waals surface area contributed by atoms with Crippen molar-refractivity contribution in [3.63, 3.8) is 0 Å². The molecule has 1 aromatic heterocycles. The smallest absolute Gasteiger partial charge is 0.419 e. The third-order valence-corrected chi connectivity index (χ3v) is 3.76. The van der Waals surface area contributed by atoms with Crippen molar-refractivity contribution in [3.05, 3.63) is 65.6 Å². The second kappa shape index (κ2) is 6.16. The molecule has 0 bridgehead atoms. The molecule has 3 rings (SSSR count). The van der Waals surface area contributed by atoms with E-state index >= 15 is 0 Å². The van der Waals surface area contributed by atoms with Crippen LogP contribution in [-0.4, -0.2) is 18.1 Å². The summed E-state index contributed by atoms with van der Waals surface area (Å²) in [7, 11) is 1.21. The van der Waals surface area contributed by atoms with Gasteiger partial charge >= 0.3 is 12.1 Å². The molecule has 0 aliphatic carbocycles. The van der Waals surface area contributed by atoms with E-state index in [4.69, 9.17) is 0 Å². The van der Waals surface area contributed by atoms with Crippen LogP contribution in [0.15, 0.2) is 48.7 Å². The Morgan fingerprint density at radius 2 is 1.84 bits per heavy atom. The molecule has 0 unspecified atom stereocenters. The summed E-state index contributed by atoms with van der Waals surface area (Å²) in [5.74, 6) is -1.98. The van der Waals surface area contributed by atoms with E-state index in [9.17, 15) is 22.4 Å². The Balaban J connectivity index is 2.28. The number of benzene rings is 2. The third-order valence-electron chi connectivity index (χ3n) is 3.76. The number of pyridine rings is 1. The van der Waals surface area contributed by atoms with Gasteiger partial charge < -0.3 is 4.74 Å². The standard InChI is InChI=1S/C18H11F4NO2/c1-25-17(24)10-5-6-15-13(9-10)11(7-8-23-15)12-3-2-4-14(16(12)19)18(20,21)22/h2-9H,1H3. The Kier molecular flexibility index (Phi) is 4.16. The molecule has 3 aromatic rings. The molecule has 0 fully saturated rings. The first-order chi connectivity index (χ1) is 11.8. The number of alkyl halides is 3. The lowest BCUT2D eigenvalue weighted by Crippen LogP contribution is -2.09. The Morgan fingerprint density at radius 1 is 1.08 bits per heavy atom. The molecule has 0 saturated carbocycles. The summed E-state index contributed by atoms with van der Waals surface area (Å²) >= 11 is 0. The molecule has 2 aromatic carbocycles. The summed E-state index contributed by atoms with van der Waals surface area (Å²) in [6.07, 6.45) is -3.44. The molecule has 25 heavy (non-hydrogen) atoms. The molecule has 0 N–H and O–H groups in total. The quantitative estimate of drug-likeness (QED) is 0.491. The highest BCUT2D eigenvalue weighted by Gasteiger charge is 2.35. The molecule has 0 aliphatic rings. The zero-order valence-electron chi connectivity index (χ0n) is 12.9. The molecule has 0 saturated heterocycles. The predicted molar refractivity (Wildman–Crippen MR) is 83.5 cm³/mol. The number of fused-ring (bicyclic) bond motifs is 1. The summed E-state index contributed by atoms with van der Waals surface area (Å²) in [5, 5.41) is 0.351. The molecule has 0 atom stereocenters. The lowest BCUT2D eigenvalue weighted by Gasteiger charge is -2.13. The molecule has 0 amide bonds. The van der Waals surface area contributed by atoms with E-state index in [1.807, 2.05) is 0 Å². The van der Waals surface area contributed by atoms with Gasteiger partial charge in [0.15, 0.2) is 0 Å². The number of hydrogen-bond acceptors (Lipinski definition) is 3. The summed E-state index contributed by atoms with van der Waals surface area (Å²) in [4.78, 5) is 15.8. The van der Waals surface area contributed by atoms with Crippen LogP contribution in [0.25, 0.3) is 22.0 Å². The van der Waals surface area contributed by atoms with Crippen LogP contribution in [0.2, 0.25) is 0 Å². The van der Waals surface area contributed by atoms with Gasteiger partial charge in [-0.1, -0.05) is 12.1 Å². The molecular formula is C18H11F4NO2. The average Bonchev–Trinajstić information content (AvgIpc) is 2.59. The number of ether oxygens (including phenoxy) is 1. The normalized spacial score (nSPS) is 11.6. The summed E-state index contributed by atoms with van der Waals surface area (Å²) < 4.78 is 58.0. The maximum atomic E-state index is 14.5. The highest BCUT2D eigenvalue weighted by atomic mass is 19.4. The second-order valence-corrected chi connectivity index (χ2v) is 5.25. The average molecular weight is 349 g/mol. The number of methoxy groups -OCH3 is 1. The molecule has 7 heteroatoms. The Hall–Kier alpha value is -2.96. The van der Waals surface area contributed by atoms with Gasteiger partial charge in [-0.2, -0.15) is 13.2 Å². The number of rotatable bonds is 2. The minimum atomic E-state index is -4.81. The van der Waals surface area contributed by atoms with Gasteiger partial charge in [0, 0.05) is 17.1 Å². The van der Waals surface area contributed by atoms with Gasteiger partial charge in [-0.05, 0) is 35.9 Å². The van der Waals surface area contributed by atoms with Gasteiger partial charge in [0.05, 0.1) is 23.8 Å². The minimum Gasteiger partial charge on any atom is -0.465 e. The topological polar surface area (TPSA) is 39.2 Å². The van der Waals surface area contributed by atoms with E-state index in [1.54, 1.807) is 0 Å². The van der Waals surface area contributed by atoms with Gasteiger partial charge in [0.25, 0.3) is 0 Å².